The highest BCUT2D eigenvalue weighted by Gasteiger charge is 2.03. The van der Waals surface area contributed by atoms with Gasteiger partial charge < -0.3 is 14.2 Å². The fraction of sp³-hybridized carbons (Fsp3) is 0.357. The first kappa shape index (κ1) is 14.4. The van der Waals surface area contributed by atoms with E-state index >= 15 is 0 Å². The van der Waals surface area contributed by atoms with Crippen LogP contribution in [0.15, 0.2) is 30.3 Å². The maximum Gasteiger partial charge on any atom is 0.337 e. The topological polar surface area (TPSA) is 44.8 Å². The molecule has 1 rings (SSSR count). The number of ether oxygens (including phenoxy) is 3. The molecule has 1 aromatic rings. The molecule has 0 saturated heterocycles. The molecule has 98 valence electrons. The van der Waals surface area contributed by atoms with E-state index in [4.69, 9.17) is 9.47 Å². The van der Waals surface area contributed by atoms with Gasteiger partial charge in [-0.3, -0.25) is 0 Å². The summed E-state index contributed by atoms with van der Waals surface area (Å²) >= 11 is 0. The molecule has 0 saturated carbocycles. The Balaban J connectivity index is 2.58. The smallest absolute Gasteiger partial charge is 0.337 e. The Morgan fingerprint density at radius 2 is 1.78 bits per heavy atom. The molecule has 0 aromatic heterocycles. The first-order valence-electron chi connectivity index (χ1n) is 5.61. The largest absolute Gasteiger partial charge is 0.465 e. The number of carbonyl (C=O) groups is 1. The third-order valence-electron chi connectivity index (χ3n) is 2.50. The molecule has 0 spiro atoms. The average Bonchev–Trinajstić information content (AvgIpc) is 2.43. The minimum Gasteiger partial charge on any atom is -0.465 e. The summed E-state index contributed by atoms with van der Waals surface area (Å²) in [6.07, 6.45) is 4.36. The molecular weight excluding hydrogens is 232 g/mol. The van der Waals surface area contributed by atoms with Crippen molar-refractivity contribution in [3.63, 3.8) is 0 Å². The summed E-state index contributed by atoms with van der Waals surface area (Å²) in [7, 11) is 4.58. The zero-order chi connectivity index (χ0) is 13.4. The minimum atomic E-state index is -0.329. The standard InChI is InChI=1S/C14H18O4/c1-16-13(17-2)6-4-5-11-7-9-12(10-8-11)14(15)18-3/h4-5,7-10,13H,6H2,1-3H3/b5-4+. The van der Waals surface area contributed by atoms with E-state index in [1.54, 1.807) is 26.4 Å². The minimum absolute atomic E-state index is 0.226. The third kappa shape index (κ3) is 4.31. The highest BCUT2D eigenvalue weighted by molar-refractivity contribution is 5.89. The quantitative estimate of drug-likeness (QED) is 0.575. The number of benzene rings is 1. The van der Waals surface area contributed by atoms with Crippen molar-refractivity contribution in [2.75, 3.05) is 21.3 Å². The summed E-state index contributed by atoms with van der Waals surface area (Å²) in [5.74, 6) is -0.329. The first-order chi connectivity index (χ1) is 8.71. The van der Waals surface area contributed by atoms with Gasteiger partial charge in [-0.15, -0.1) is 0 Å². The molecule has 4 heteroatoms. The Morgan fingerprint density at radius 1 is 1.17 bits per heavy atom. The van der Waals surface area contributed by atoms with E-state index in [-0.39, 0.29) is 12.3 Å². The van der Waals surface area contributed by atoms with E-state index in [1.165, 1.54) is 7.11 Å². The predicted molar refractivity (Wildman–Crippen MR) is 69.2 cm³/mol. The Hall–Kier alpha value is -1.65. The second-order valence-electron chi connectivity index (χ2n) is 3.65. The molecule has 1 aromatic carbocycles. The van der Waals surface area contributed by atoms with E-state index in [9.17, 15) is 4.79 Å². The average molecular weight is 250 g/mol. The molecular formula is C14H18O4. The van der Waals surface area contributed by atoms with E-state index in [0.717, 1.165) is 5.56 Å². The number of hydrogen-bond acceptors (Lipinski definition) is 4. The summed E-state index contributed by atoms with van der Waals surface area (Å²) in [6.45, 7) is 0. The number of hydrogen-bond donors (Lipinski definition) is 0. The van der Waals surface area contributed by atoms with Gasteiger partial charge >= 0.3 is 5.97 Å². The molecule has 0 amide bonds. The van der Waals surface area contributed by atoms with Crippen LogP contribution in [0.2, 0.25) is 0 Å². The van der Waals surface area contributed by atoms with Crippen molar-refractivity contribution < 1.29 is 19.0 Å². The van der Waals surface area contributed by atoms with E-state index < -0.39 is 0 Å². The second kappa shape index (κ2) is 7.63. The predicted octanol–water partition coefficient (Wildman–Crippen LogP) is 2.50. The number of rotatable bonds is 6. The number of methoxy groups -OCH3 is 3. The van der Waals surface area contributed by atoms with Crippen molar-refractivity contribution >= 4 is 12.0 Å². The Labute approximate surface area is 107 Å². The summed E-state index contributed by atoms with van der Waals surface area (Å²) < 4.78 is 14.8. The molecule has 0 atom stereocenters. The fourth-order valence-electron chi connectivity index (χ4n) is 1.45. The van der Waals surface area contributed by atoms with Gasteiger partial charge in [0.05, 0.1) is 12.7 Å². The molecule has 0 unspecified atom stereocenters. The molecule has 0 aliphatic carbocycles. The van der Waals surface area contributed by atoms with Crippen molar-refractivity contribution in [3.05, 3.63) is 41.5 Å². The zero-order valence-electron chi connectivity index (χ0n) is 10.9. The normalized spacial score (nSPS) is 11.1. The van der Waals surface area contributed by atoms with Crippen molar-refractivity contribution in [3.8, 4) is 0 Å². The van der Waals surface area contributed by atoms with Crippen LogP contribution in [0.25, 0.3) is 6.08 Å². The molecule has 0 N–H and O–H groups in total. The lowest BCUT2D eigenvalue weighted by atomic mass is 10.1. The maximum absolute atomic E-state index is 11.2. The lowest BCUT2D eigenvalue weighted by Crippen LogP contribution is -2.10. The summed E-state index contributed by atoms with van der Waals surface area (Å²) in [5, 5.41) is 0. The van der Waals surface area contributed by atoms with Crippen LogP contribution < -0.4 is 0 Å². The van der Waals surface area contributed by atoms with Gasteiger partial charge in [0.1, 0.15) is 0 Å². The summed E-state index contributed by atoms with van der Waals surface area (Å²) in [5.41, 5.74) is 1.55. The Morgan fingerprint density at radius 3 is 2.28 bits per heavy atom. The summed E-state index contributed by atoms with van der Waals surface area (Å²) in [4.78, 5) is 11.2. The molecule has 0 radical (unpaired) electrons. The van der Waals surface area contributed by atoms with Crippen LogP contribution in [-0.4, -0.2) is 33.6 Å². The second-order valence-corrected chi connectivity index (χ2v) is 3.65. The highest BCUT2D eigenvalue weighted by atomic mass is 16.7. The van der Waals surface area contributed by atoms with Crippen LogP contribution >= 0.6 is 0 Å². The first-order valence-corrected chi connectivity index (χ1v) is 5.61. The van der Waals surface area contributed by atoms with Gasteiger partial charge in [-0.05, 0) is 17.7 Å². The zero-order valence-corrected chi connectivity index (χ0v) is 10.9. The highest BCUT2D eigenvalue weighted by Crippen LogP contribution is 2.09. The van der Waals surface area contributed by atoms with Crippen molar-refractivity contribution in [1.82, 2.24) is 0 Å². The van der Waals surface area contributed by atoms with Crippen molar-refractivity contribution in [2.24, 2.45) is 0 Å². The molecule has 18 heavy (non-hydrogen) atoms. The molecule has 0 bridgehead atoms. The van der Waals surface area contributed by atoms with Crippen molar-refractivity contribution in [1.29, 1.82) is 0 Å². The Bertz CT molecular complexity index is 391. The van der Waals surface area contributed by atoms with Gasteiger partial charge in [-0.2, -0.15) is 0 Å². The summed E-state index contributed by atoms with van der Waals surface area (Å²) in [6, 6.07) is 7.18. The maximum atomic E-state index is 11.2. The monoisotopic (exact) mass is 250 g/mol. The SMILES string of the molecule is COC(=O)c1ccc(/C=C/CC(OC)OC)cc1. The van der Waals surface area contributed by atoms with E-state index in [0.29, 0.717) is 12.0 Å². The van der Waals surface area contributed by atoms with Crippen LogP contribution in [-0.2, 0) is 14.2 Å². The van der Waals surface area contributed by atoms with Crippen molar-refractivity contribution in [2.45, 2.75) is 12.7 Å². The van der Waals surface area contributed by atoms with Gasteiger partial charge in [-0.25, -0.2) is 4.79 Å². The van der Waals surface area contributed by atoms with Crippen LogP contribution in [0.5, 0.6) is 0 Å². The molecule has 0 fully saturated rings. The van der Waals surface area contributed by atoms with Gasteiger partial charge in [0.2, 0.25) is 0 Å². The van der Waals surface area contributed by atoms with E-state index in [1.807, 2.05) is 24.3 Å². The molecule has 4 nitrogen and oxygen atoms in total. The van der Waals surface area contributed by atoms with Crippen LogP contribution in [0.3, 0.4) is 0 Å². The number of carbonyl (C=O) groups excluding carboxylic acids is 1. The third-order valence-corrected chi connectivity index (χ3v) is 2.50. The van der Waals surface area contributed by atoms with Crippen LogP contribution in [0, 0.1) is 0 Å². The van der Waals surface area contributed by atoms with Gasteiger partial charge in [0.15, 0.2) is 6.29 Å². The molecule has 0 aliphatic heterocycles. The van der Waals surface area contributed by atoms with E-state index in [2.05, 4.69) is 4.74 Å². The van der Waals surface area contributed by atoms with Gasteiger partial charge in [0, 0.05) is 20.6 Å². The molecule has 0 heterocycles. The van der Waals surface area contributed by atoms with Gasteiger partial charge in [-0.1, -0.05) is 24.3 Å². The van der Waals surface area contributed by atoms with Gasteiger partial charge in [0.25, 0.3) is 0 Å². The fourth-order valence-corrected chi connectivity index (χ4v) is 1.45. The lowest BCUT2D eigenvalue weighted by molar-refractivity contribution is -0.0985. The number of esters is 1. The lowest BCUT2D eigenvalue weighted by Gasteiger charge is -2.09. The Kier molecular flexibility index (Phi) is 6.11. The van der Waals surface area contributed by atoms with Crippen LogP contribution in [0.1, 0.15) is 22.3 Å². The van der Waals surface area contributed by atoms with Crippen LogP contribution in [0.4, 0.5) is 0 Å². The molecule has 0 aliphatic rings.